The highest BCUT2D eigenvalue weighted by atomic mass is 32.2. The first-order valence-corrected chi connectivity index (χ1v) is 51.2. The minimum absolute atomic E-state index is 0.0153. The zero-order valence-electron chi connectivity index (χ0n) is 75.3. The van der Waals surface area contributed by atoms with Crippen LogP contribution in [-0.2, 0) is 47.7 Å². The maximum atomic E-state index is 12.1. The summed E-state index contributed by atoms with van der Waals surface area (Å²) < 4.78 is 133. The quantitative estimate of drug-likeness (QED) is 0.0254. The number of carbonyl (C=O) groups excluding carboxylic acids is 3. The van der Waals surface area contributed by atoms with E-state index >= 15 is 0 Å². The Balaban J connectivity index is 0.000000145. The van der Waals surface area contributed by atoms with Gasteiger partial charge in [-0.1, -0.05) is 217 Å². The van der Waals surface area contributed by atoms with Gasteiger partial charge < -0.3 is 42.4 Å². The summed E-state index contributed by atoms with van der Waals surface area (Å²) in [6.45, 7) is 14.9. The Labute approximate surface area is 791 Å². The second-order valence-electron chi connectivity index (χ2n) is 31.2. The number of aryl methyl sites for hydroxylation is 1. The first kappa shape index (κ1) is 99.8. The van der Waals surface area contributed by atoms with Crippen molar-refractivity contribution in [3.63, 3.8) is 0 Å². The van der Waals surface area contributed by atoms with Gasteiger partial charge in [-0.2, -0.15) is 0 Å². The predicted molar refractivity (Wildman–Crippen MR) is 534 cm³/mol. The molecule has 0 saturated carbocycles. The van der Waals surface area contributed by atoms with E-state index in [1.807, 2.05) is 60.7 Å². The van der Waals surface area contributed by atoms with Gasteiger partial charge in [-0.05, 0) is 260 Å². The molecule has 0 aliphatic carbocycles. The van der Waals surface area contributed by atoms with E-state index in [1.165, 1.54) is 131 Å². The highest BCUT2D eigenvalue weighted by Crippen LogP contribution is 2.50. The van der Waals surface area contributed by atoms with Crippen LogP contribution in [0.15, 0.2) is 399 Å². The Kier molecular flexibility index (Phi) is 34.9. The average Bonchev–Trinajstić information content (AvgIpc) is 1.60. The third-order valence-electron chi connectivity index (χ3n) is 22.3. The molecule has 0 bridgehead atoms. The fourth-order valence-corrected chi connectivity index (χ4v) is 23.7. The third kappa shape index (κ3) is 25.8. The number of rotatable bonds is 24. The first-order chi connectivity index (χ1) is 64.5. The number of hydrogen-bond acceptors (Lipinski definition) is 18. The smallest absolute Gasteiger partial charge is 0.344 e. The minimum Gasteiger partial charge on any atom is -0.744 e. The van der Waals surface area contributed by atoms with E-state index in [2.05, 4.69) is 249 Å². The van der Waals surface area contributed by atoms with Gasteiger partial charge >= 0.3 is 17.9 Å². The van der Waals surface area contributed by atoms with E-state index in [9.17, 15) is 53.3 Å². The SMILES string of the molecule is CCC(C)c1ccc(OC(=O)c2ccccc2S(=O)(=O)[O-])cc1.CCC(C)c1ccc(OC(=O)c2ccccc2S(=O)(=O)[O-])cc1.CCC(C)c1ccc(OC(=O)c2ccccc2S(=O)(=O)[O-])cc1.COc1cccc([S+](c2cccc(C)c2)c2cccc(OC)c2)c1.OCCc1ccc(-[s+]2c3ccccc3c3ccccc32)cc1.c1ccc(-[s+]2c3ccccc3c3ccccc32)cc1. The van der Waals surface area contributed by atoms with Crippen molar-refractivity contribution >= 4 is 120 Å². The summed E-state index contributed by atoms with van der Waals surface area (Å²) >= 11 is 0. The number of aliphatic hydroxyl groups excluding tert-OH is 1. The molecule has 0 radical (unpaired) electrons. The zero-order valence-corrected chi connectivity index (χ0v) is 80.2. The lowest BCUT2D eigenvalue weighted by atomic mass is 9.99. The number of esters is 3. The van der Waals surface area contributed by atoms with Gasteiger partial charge in [-0.15, -0.1) is 0 Å². The Morgan fingerprint density at radius 1 is 0.328 bits per heavy atom. The van der Waals surface area contributed by atoms with Gasteiger partial charge in [0.1, 0.15) is 59.1 Å². The van der Waals surface area contributed by atoms with Gasteiger partial charge in [0, 0.05) is 61.2 Å². The molecule has 2 aromatic heterocycles. The molecule has 17 aromatic rings. The summed E-state index contributed by atoms with van der Waals surface area (Å²) in [5.74, 6) is 1.17. The highest BCUT2D eigenvalue weighted by Gasteiger charge is 2.31. The molecule has 0 aliphatic heterocycles. The molecule has 17 rings (SSSR count). The van der Waals surface area contributed by atoms with Crippen LogP contribution >= 0.6 is 20.9 Å². The van der Waals surface area contributed by atoms with Crippen LogP contribution in [0.3, 0.4) is 0 Å². The number of ether oxygens (including phenoxy) is 5. The van der Waals surface area contributed by atoms with Crippen LogP contribution in [0.2, 0.25) is 0 Å². The molecule has 0 amide bonds. The van der Waals surface area contributed by atoms with E-state index in [0.717, 1.165) is 72.1 Å². The van der Waals surface area contributed by atoms with Gasteiger partial charge in [0.25, 0.3) is 0 Å². The number of aliphatic hydroxyl groups is 1. The van der Waals surface area contributed by atoms with E-state index < -0.39 is 62.9 Å². The maximum absolute atomic E-state index is 12.1. The van der Waals surface area contributed by atoms with Crippen LogP contribution in [0.5, 0.6) is 28.7 Å². The van der Waals surface area contributed by atoms with Crippen molar-refractivity contribution in [2.75, 3.05) is 20.8 Å². The third-order valence-corrected chi connectivity index (χ3v) is 31.8. The molecular formula is C110H102O18S6. The largest absolute Gasteiger partial charge is 0.744 e. The summed E-state index contributed by atoms with van der Waals surface area (Å²) in [6, 6.07) is 116. The van der Waals surface area contributed by atoms with Gasteiger partial charge in [-0.3, -0.25) is 0 Å². The minimum atomic E-state index is -4.74. The number of methoxy groups -OCH3 is 2. The van der Waals surface area contributed by atoms with Crippen molar-refractivity contribution in [2.45, 2.75) is 121 Å². The van der Waals surface area contributed by atoms with Gasteiger partial charge in [0.2, 0.25) is 0 Å². The van der Waals surface area contributed by atoms with Gasteiger partial charge in [0.15, 0.2) is 43.3 Å². The second kappa shape index (κ2) is 46.9. The fraction of sp³-hybridized carbons (Fsp3) is 0.155. The van der Waals surface area contributed by atoms with Crippen LogP contribution in [0.4, 0.5) is 0 Å². The van der Waals surface area contributed by atoms with Crippen LogP contribution < -0.4 is 23.7 Å². The molecule has 686 valence electrons. The molecule has 0 spiro atoms. The molecule has 18 nitrogen and oxygen atoms in total. The van der Waals surface area contributed by atoms with Crippen molar-refractivity contribution in [3.8, 4) is 38.5 Å². The van der Waals surface area contributed by atoms with Gasteiger partial charge in [-0.25, -0.2) is 39.6 Å². The maximum Gasteiger partial charge on any atom is 0.344 e. The summed E-state index contributed by atoms with van der Waals surface area (Å²) in [5, 5.41) is 14.6. The van der Waals surface area contributed by atoms with Crippen molar-refractivity contribution < 1.29 is 82.1 Å². The Bertz CT molecular complexity index is 6760. The van der Waals surface area contributed by atoms with E-state index in [-0.39, 0.29) is 55.1 Å². The normalized spacial score (nSPS) is 11.9. The topological polar surface area (TPSA) is 289 Å². The fourth-order valence-electron chi connectivity index (χ4n) is 14.6. The van der Waals surface area contributed by atoms with Crippen molar-refractivity contribution in [3.05, 3.63) is 415 Å². The Hall–Kier alpha value is -13.2. The van der Waals surface area contributed by atoms with Crippen LogP contribution in [0.25, 0.3) is 50.1 Å². The summed E-state index contributed by atoms with van der Waals surface area (Å²) in [4.78, 5) is 41.1. The number of benzene rings is 15. The highest BCUT2D eigenvalue weighted by molar-refractivity contribution is 7.97. The molecule has 0 aliphatic rings. The number of fused-ring (bicyclic) bond motifs is 6. The molecular weight excluding hydrogens is 1800 g/mol. The second-order valence-corrected chi connectivity index (χ2v) is 41.2. The molecule has 1 N–H and O–H groups in total. The molecule has 0 saturated heterocycles. The van der Waals surface area contributed by atoms with E-state index in [1.54, 1.807) is 50.6 Å². The number of carbonyl (C=O) groups is 3. The molecule has 3 unspecified atom stereocenters. The molecule has 15 aromatic carbocycles. The van der Waals surface area contributed by atoms with Crippen molar-refractivity contribution in [1.29, 1.82) is 0 Å². The lowest BCUT2D eigenvalue weighted by Gasteiger charge is -2.13. The summed E-state index contributed by atoms with van der Waals surface area (Å²) in [7, 11) is -11.0. The zero-order chi connectivity index (χ0) is 95.6. The first-order valence-electron chi connectivity index (χ1n) is 43.3. The predicted octanol–water partition coefficient (Wildman–Crippen LogP) is 26.1. The summed E-state index contributed by atoms with van der Waals surface area (Å²) in [6.07, 6.45) is 3.71. The summed E-state index contributed by atoms with van der Waals surface area (Å²) in [5.41, 5.74) is 5.00. The van der Waals surface area contributed by atoms with Crippen LogP contribution in [0, 0.1) is 6.92 Å². The molecule has 0 fully saturated rings. The molecule has 134 heavy (non-hydrogen) atoms. The molecule has 24 heteroatoms. The Morgan fingerprint density at radius 2 is 0.612 bits per heavy atom. The molecule has 2 heterocycles. The molecule has 3 atom stereocenters. The van der Waals surface area contributed by atoms with Crippen molar-refractivity contribution in [1.82, 2.24) is 0 Å². The van der Waals surface area contributed by atoms with E-state index in [4.69, 9.17) is 28.8 Å². The van der Waals surface area contributed by atoms with Crippen LogP contribution in [-0.4, -0.2) is 82.8 Å². The van der Waals surface area contributed by atoms with E-state index in [0.29, 0.717) is 35.0 Å². The van der Waals surface area contributed by atoms with Gasteiger partial charge in [0.05, 0.1) is 56.5 Å². The number of thiophene rings is 2. The lowest BCUT2D eigenvalue weighted by molar-refractivity contribution is 0.0721. The Morgan fingerprint density at radius 3 is 0.910 bits per heavy atom. The van der Waals surface area contributed by atoms with Crippen LogP contribution in [0.1, 0.15) is 137 Å². The monoisotopic (exact) mass is 1900 g/mol. The number of hydrogen-bond donors (Lipinski definition) is 1. The average molecular weight is 1900 g/mol. The lowest BCUT2D eigenvalue weighted by Crippen LogP contribution is -2.14. The van der Waals surface area contributed by atoms with Crippen molar-refractivity contribution in [2.24, 2.45) is 0 Å². The standard InChI is InChI=1S/C21H21O2S.C20H17OS.C18H13S.3C17H18O5S/c1-16-7-4-10-19(13-16)24(20-11-5-8-17(14-20)22-2)21-12-6-9-18(15-21)23-3;21-14-13-15-9-11-16(12-10-15)22-19-7-3-1-5-17(19)18-6-2-4-8-20(18)22;1-2-8-14(9-3-1)19-17-12-6-4-10-15(17)16-11-5-7-13-18(16)19;3*1-3-12(2)13-8-10-14(11-9-13)22-17(18)15-6-4-5-7-16(15)23(19,20)21/h4-15H,1-3H3;1-12,21H,13-14H2;1-13H;3*4-12H,3H2,1-2H3,(H,19,20,21)/q3*+1;;;/p-3.